The van der Waals surface area contributed by atoms with Gasteiger partial charge in [-0.05, 0) is 37.1 Å². The van der Waals surface area contributed by atoms with Crippen LogP contribution in [0.15, 0.2) is 29.2 Å². The van der Waals surface area contributed by atoms with Crippen LogP contribution in [0.2, 0.25) is 0 Å². The number of benzene rings is 1. The molecule has 0 bridgehead atoms. The van der Waals surface area contributed by atoms with Gasteiger partial charge in [-0.25, -0.2) is 21.1 Å². The van der Waals surface area contributed by atoms with Gasteiger partial charge in [-0.1, -0.05) is 0 Å². The lowest BCUT2D eigenvalue weighted by atomic mass is 9.99. The van der Waals surface area contributed by atoms with Gasteiger partial charge in [0.15, 0.2) is 0 Å². The van der Waals surface area contributed by atoms with E-state index in [2.05, 4.69) is 5.32 Å². The van der Waals surface area contributed by atoms with Crippen molar-refractivity contribution in [3.8, 4) is 5.75 Å². The Balaban J connectivity index is 1.44. The second kappa shape index (κ2) is 10.3. The zero-order valence-corrected chi connectivity index (χ0v) is 19.2. The summed E-state index contributed by atoms with van der Waals surface area (Å²) >= 11 is 0. The molecule has 1 aromatic carbocycles. The van der Waals surface area contributed by atoms with E-state index in [-0.39, 0.29) is 36.4 Å². The van der Waals surface area contributed by atoms with Gasteiger partial charge in [-0.2, -0.15) is 4.31 Å². The van der Waals surface area contributed by atoms with Crippen LogP contribution in [0, 0.1) is 5.92 Å². The van der Waals surface area contributed by atoms with E-state index in [0.29, 0.717) is 51.4 Å². The average molecular weight is 476 g/mol. The number of amides is 1. The van der Waals surface area contributed by atoms with Gasteiger partial charge >= 0.3 is 0 Å². The third-order valence-corrected chi connectivity index (χ3v) is 8.51. The molecule has 2 aliphatic heterocycles. The minimum Gasteiger partial charge on any atom is -0.492 e. The molecular formula is C19H29N3O7S2. The molecule has 31 heavy (non-hydrogen) atoms. The highest BCUT2D eigenvalue weighted by Crippen LogP contribution is 2.21. The summed E-state index contributed by atoms with van der Waals surface area (Å²) < 4.78 is 62.1. The van der Waals surface area contributed by atoms with Crippen LogP contribution in [0.4, 0.5) is 0 Å². The van der Waals surface area contributed by atoms with Gasteiger partial charge < -0.3 is 14.8 Å². The zero-order valence-electron chi connectivity index (χ0n) is 17.5. The van der Waals surface area contributed by atoms with Crippen molar-refractivity contribution in [3.63, 3.8) is 0 Å². The minimum atomic E-state index is -3.55. The SMILES string of the molecule is CS(=O)(=O)N1CCC[C@@H](C(=O)NCCOc2ccc(S(=O)(=O)N3CCOCC3)cc2)C1. The first-order valence-corrected chi connectivity index (χ1v) is 13.5. The molecule has 1 atom stereocenters. The summed E-state index contributed by atoms with van der Waals surface area (Å²) in [6.07, 6.45) is 2.46. The molecule has 0 spiro atoms. The maximum atomic E-state index is 12.6. The fourth-order valence-electron chi connectivity index (χ4n) is 3.59. The van der Waals surface area contributed by atoms with E-state index in [9.17, 15) is 21.6 Å². The molecule has 1 amide bonds. The van der Waals surface area contributed by atoms with Crippen LogP contribution in [0.5, 0.6) is 5.75 Å². The molecule has 2 heterocycles. The van der Waals surface area contributed by atoms with Crippen LogP contribution in [0.25, 0.3) is 0 Å². The third kappa shape index (κ3) is 6.39. The lowest BCUT2D eigenvalue weighted by Crippen LogP contribution is -2.45. The second-order valence-corrected chi connectivity index (χ2v) is 11.5. The Morgan fingerprint density at radius 3 is 2.42 bits per heavy atom. The number of carbonyl (C=O) groups is 1. The maximum absolute atomic E-state index is 12.6. The third-order valence-electron chi connectivity index (χ3n) is 5.33. The van der Waals surface area contributed by atoms with E-state index in [4.69, 9.17) is 9.47 Å². The first-order valence-electron chi connectivity index (χ1n) is 10.2. The van der Waals surface area contributed by atoms with Crippen molar-refractivity contribution in [1.82, 2.24) is 13.9 Å². The van der Waals surface area contributed by atoms with Gasteiger partial charge in [0.25, 0.3) is 0 Å². The minimum absolute atomic E-state index is 0.191. The second-order valence-electron chi connectivity index (χ2n) is 7.59. The Labute approximate surface area is 183 Å². The lowest BCUT2D eigenvalue weighted by Gasteiger charge is -2.30. The van der Waals surface area contributed by atoms with Crippen molar-refractivity contribution < 1.29 is 31.1 Å². The highest BCUT2D eigenvalue weighted by Gasteiger charge is 2.30. The standard InChI is InChI=1S/C19H29N3O7S2/c1-30(24,25)22-9-2-3-16(15-22)19(23)20-8-12-29-17-4-6-18(7-5-17)31(26,27)21-10-13-28-14-11-21/h4-7,16H,2-3,8-15H2,1H3,(H,20,23)/t16-/m1/s1. The summed E-state index contributed by atoms with van der Waals surface area (Å²) in [5.74, 6) is -0.0619. The van der Waals surface area contributed by atoms with Crippen LogP contribution in [0.1, 0.15) is 12.8 Å². The van der Waals surface area contributed by atoms with E-state index in [0.717, 1.165) is 6.26 Å². The molecule has 3 rings (SSSR count). The number of rotatable bonds is 8. The van der Waals surface area contributed by atoms with Crippen molar-refractivity contribution in [2.45, 2.75) is 17.7 Å². The monoisotopic (exact) mass is 475 g/mol. The molecule has 2 aliphatic rings. The normalized spacial score (nSPS) is 21.5. The number of sulfonamides is 2. The van der Waals surface area contributed by atoms with Gasteiger partial charge in [0.05, 0.1) is 36.8 Å². The molecule has 2 fully saturated rings. The molecule has 1 N–H and O–H groups in total. The van der Waals surface area contributed by atoms with E-state index in [1.54, 1.807) is 12.1 Å². The summed E-state index contributed by atoms with van der Waals surface area (Å²) in [5, 5.41) is 2.77. The fourth-order valence-corrected chi connectivity index (χ4v) is 5.91. The predicted octanol–water partition coefficient (Wildman–Crippen LogP) is -0.126. The molecule has 1 aromatic rings. The van der Waals surface area contributed by atoms with Crippen molar-refractivity contribution in [1.29, 1.82) is 0 Å². The zero-order chi connectivity index (χ0) is 22.5. The van der Waals surface area contributed by atoms with E-state index < -0.39 is 20.0 Å². The number of ether oxygens (including phenoxy) is 2. The topological polar surface area (TPSA) is 122 Å². The van der Waals surface area contributed by atoms with Crippen molar-refractivity contribution >= 4 is 26.0 Å². The molecule has 0 radical (unpaired) electrons. The predicted molar refractivity (Wildman–Crippen MR) is 114 cm³/mol. The molecule has 174 valence electrons. The summed E-state index contributed by atoms with van der Waals surface area (Å²) in [6.45, 7) is 2.57. The van der Waals surface area contributed by atoms with Crippen molar-refractivity contribution in [2.24, 2.45) is 5.92 Å². The Hall–Kier alpha value is -1.73. The number of nitrogens with zero attached hydrogens (tertiary/aromatic N) is 2. The number of nitrogens with one attached hydrogen (secondary N) is 1. The first-order chi connectivity index (χ1) is 14.7. The van der Waals surface area contributed by atoms with Crippen LogP contribution < -0.4 is 10.1 Å². The smallest absolute Gasteiger partial charge is 0.243 e. The number of hydrogen-bond donors (Lipinski definition) is 1. The quantitative estimate of drug-likeness (QED) is 0.520. The summed E-state index contributed by atoms with van der Waals surface area (Å²) in [4.78, 5) is 12.5. The number of hydrogen-bond acceptors (Lipinski definition) is 7. The molecule has 0 saturated carbocycles. The molecule has 10 nitrogen and oxygen atoms in total. The lowest BCUT2D eigenvalue weighted by molar-refractivity contribution is -0.126. The Bertz CT molecular complexity index is 959. The summed E-state index contributed by atoms with van der Waals surface area (Å²) in [6, 6.07) is 6.17. The van der Waals surface area contributed by atoms with E-state index in [1.165, 1.54) is 20.7 Å². The van der Waals surface area contributed by atoms with Crippen LogP contribution in [0.3, 0.4) is 0 Å². The van der Waals surface area contributed by atoms with Crippen molar-refractivity contribution in [3.05, 3.63) is 24.3 Å². The maximum Gasteiger partial charge on any atom is 0.243 e. The Kier molecular flexibility index (Phi) is 7.92. The van der Waals surface area contributed by atoms with Crippen LogP contribution in [-0.2, 0) is 29.6 Å². The van der Waals surface area contributed by atoms with Gasteiger partial charge in [-0.3, -0.25) is 4.79 Å². The van der Waals surface area contributed by atoms with Gasteiger partial charge in [0, 0.05) is 26.2 Å². The van der Waals surface area contributed by atoms with E-state index >= 15 is 0 Å². The van der Waals surface area contributed by atoms with E-state index in [1.807, 2.05) is 0 Å². The molecule has 0 unspecified atom stereocenters. The van der Waals surface area contributed by atoms with Crippen molar-refractivity contribution in [2.75, 3.05) is 58.8 Å². The molecule has 2 saturated heterocycles. The molecule has 0 aliphatic carbocycles. The molecule has 0 aromatic heterocycles. The average Bonchev–Trinajstić information content (AvgIpc) is 2.77. The summed E-state index contributed by atoms with van der Waals surface area (Å²) in [7, 11) is -6.85. The van der Waals surface area contributed by atoms with Gasteiger partial charge in [0.1, 0.15) is 12.4 Å². The number of piperidine rings is 1. The molecule has 12 heteroatoms. The molecular weight excluding hydrogens is 446 g/mol. The van der Waals surface area contributed by atoms with Crippen LogP contribution >= 0.6 is 0 Å². The highest BCUT2D eigenvalue weighted by atomic mass is 32.2. The Morgan fingerprint density at radius 2 is 1.77 bits per heavy atom. The summed E-state index contributed by atoms with van der Waals surface area (Å²) in [5.41, 5.74) is 0. The fraction of sp³-hybridized carbons (Fsp3) is 0.632. The first kappa shape index (κ1) is 23.9. The highest BCUT2D eigenvalue weighted by molar-refractivity contribution is 7.89. The number of carbonyl (C=O) groups excluding carboxylic acids is 1. The van der Waals surface area contributed by atoms with Gasteiger partial charge in [-0.15, -0.1) is 0 Å². The van der Waals surface area contributed by atoms with Crippen LogP contribution in [-0.4, -0.2) is 90.2 Å². The largest absolute Gasteiger partial charge is 0.492 e. The number of morpholine rings is 1. The Morgan fingerprint density at radius 1 is 1.10 bits per heavy atom. The van der Waals surface area contributed by atoms with Gasteiger partial charge in [0.2, 0.25) is 26.0 Å².